The van der Waals surface area contributed by atoms with Crippen molar-refractivity contribution in [2.45, 2.75) is 45.6 Å². The Morgan fingerprint density at radius 1 is 1.25 bits per heavy atom. The van der Waals surface area contributed by atoms with Crippen molar-refractivity contribution in [2.75, 3.05) is 0 Å². The van der Waals surface area contributed by atoms with Gasteiger partial charge in [0.05, 0.1) is 17.6 Å². The molecule has 0 spiro atoms. The number of benzene rings is 1. The molecule has 1 unspecified atom stereocenters. The van der Waals surface area contributed by atoms with Gasteiger partial charge in [0.1, 0.15) is 5.82 Å². The molecule has 1 atom stereocenters. The average Bonchev–Trinajstić information content (AvgIpc) is 2.47. The van der Waals surface area contributed by atoms with Crippen molar-refractivity contribution in [1.29, 1.82) is 5.26 Å². The van der Waals surface area contributed by atoms with Crippen LogP contribution >= 0.6 is 0 Å². The molecule has 0 radical (unpaired) electrons. The first-order chi connectivity index (χ1) is 9.48. The first-order valence-electron chi connectivity index (χ1n) is 7.33. The largest absolute Gasteiger partial charge is 0.387 e. The quantitative estimate of drug-likeness (QED) is 0.897. The number of halogens is 1. The second-order valence-electron chi connectivity index (χ2n) is 6.30. The van der Waals surface area contributed by atoms with E-state index >= 15 is 0 Å². The van der Waals surface area contributed by atoms with Crippen LogP contribution < -0.4 is 0 Å². The highest BCUT2D eigenvalue weighted by Crippen LogP contribution is 2.48. The number of nitrogens with zero attached hydrogens (tertiary/aromatic N) is 1. The van der Waals surface area contributed by atoms with Crippen LogP contribution in [-0.2, 0) is 0 Å². The molecule has 1 fully saturated rings. The fraction of sp³-hybridized carbons (Fsp3) is 0.588. The summed E-state index contributed by atoms with van der Waals surface area (Å²) in [4.78, 5) is 0. The molecule has 1 aliphatic carbocycles. The van der Waals surface area contributed by atoms with Crippen LogP contribution in [0.25, 0.3) is 0 Å². The highest BCUT2D eigenvalue weighted by Gasteiger charge is 2.42. The zero-order valence-corrected chi connectivity index (χ0v) is 12.1. The Morgan fingerprint density at radius 2 is 1.80 bits per heavy atom. The van der Waals surface area contributed by atoms with Gasteiger partial charge in [0.2, 0.25) is 0 Å². The molecular weight excluding hydrogens is 253 g/mol. The van der Waals surface area contributed by atoms with Gasteiger partial charge in [0, 0.05) is 0 Å². The van der Waals surface area contributed by atoms with Gasteiger partial charge in [-0.3, -0.25) is 0 Å². The summed E-state index contributed by atoms with van der Waals surface area (Å²) in [5.74, 6) is 0.932. The zero-order chi connectivity index (χ0) is 14.8. The van der Waals surface area contributed by atoms with E-state index in [9.17, 15) is 14.8 Å². The third-order valence-corrected chi connectivity index (χ3v) is 4.80. The molecule has 108 valence electrons. The van der Waals surface area contributed by atoms with Gasteiger partial charge in [0.25, 0.3) is 0 Å². The van der Waals surface area contributed by atoms with Crippen LogP contribution in [-0.4, -0.2) is 5.11 Å². The number of aliphatic hydroxyl groups is 1. The molecule has 0 saturated heterocycles. The maximum atomic E-state index is 13.0. The van der Waals surface area contributed by atoms with Crippen LogP contribution in [0.5, 0.6) is 0 Å². The lowest BCUT2D eigenvalue weighted by atomic mass is 9.65. The highest BCUT2D eigenvalue weighted by molar-refractivity contribution is 5.24. The minimum atomic E-state index is -0.832. The summed E-state index contributed by atoms with van der Waals surface area (Å²) < 4.78 is 13.0. The van der Waals surface area contributed by atoms with Crippen LogP contribution in [0.3, 0.4) is 0 Å². The van der Waals surface area contributed by atoms with Gasteiger partial charge in [-0.15, -0.1) is 0 Å². The Labute approximate surface area is 120 Å². The maximum absolute atomic E-state index is 13.0. The smallest absolute Gasteiger partial charge is 0.123 e. The number of nitriles is 1. The van der Waals surface area contributed by atoms with Crippen molar-refractivity contribution < 1.29 is 9.50 Å². The van der Waals surface area contributed by atoms with Crippen LogP contribution in [0.15, 0.2) is 24.3 Å². The molecular formula is C17H22FNO. The zero-order valence-electron chi connectivity index (χ0n) is 12.1. The van der Waals surface area contributed by atoms with Gasteiger partial charge in [0.15, 0.2) is 0 Å². The first-order valence-corrected chi connectivity index (χ1v) is 7.33. The Hall–Kier alpha value is -1.40. The van der Waals surface area contributed by atoms with Crippen molar-refractivity contribution in [3.8, 4) is 6.07 Å². The monoisotopic (exact) mass is 275 g/mol. The fourth-order valence-corrected chi connectivity index (χ4v) is 3.23. The predicted octanol–water partition coefficient (Wildman–Crippen LogP) is 4.22. The van der Waals surface area contributed by atoms with Gasteiger partial charge in [-0.2, -0.15) is 5.26 Å². The molecule has 0 heterocycles. The topological polar surface area (TPSA) is 44.0 Å². The lowest BCUT2D eigenvalue weighted by Gasteiger charge is -2.39. The Kier molecular flexibility index (Phi) is 4.45. The van der Waals surface area contributed by atoms with E-state index in [1.807, 2.05) is 0 Å². The van der Waals surface area contributed by atoms with Gasteiger partial charge < -0.3 is 5.11 Å². The molecule has 1 aliphatic rings. The minimum absolute atomic E-state index is 0.324. The molecule has 1 saturated carbocycles. The molecule has 0 bridgehead atoms. The van der Waals surface area contributed by atoms with Crippen molar-refractivity contribution in [3.63, 3.8) is 0 Å². The summed E-state index contributed by atoms with van der Waals surface area (Å²) in [6, 6.07) is 8.17. The Morgan fingerprint density at radius 3 is 2.25 bits per heavy atom. The summed E-state index contributed by atoms with van der Waals surface area (Å²) in [6.45, 7) is 4.42. The van der Waals surface area contributed by atoms with Crippen LogP contribution in [0, 0.1) is 34.4 Å². The van der Waals surface area contributed by atoms with E-state index in [0.29, 0.717) is 30.2 Å². The highest BCUT2D eigenvalue weighted by atomic mass is 19.1. The molecule has 2 rings (SSSR count). The van der Waals surface area contributed by atoms with E-state index in [2.05, 4.69) is 19.9 Å². The summed E-state index contributed by atoms with van der Waals surface area (Å²) in [5.41, 5.74) is -0.0839. The first kappa shape index (κ1) is 15.0. The standard InChI is InChI=1S/C17H22FNO/c1-12(2)13-7-9-17(11-19,10-8-13)16(20)14-3-5-15(18)6-4-14/h3-6,12-13,16,20H,7-10H2,1-2H3. The van der Waals surface area contributed by atoms with E-state index in [1.54, 1.807) is 12.1 Å². The summed E-state index contributed by atoms with van der Waals surface area (Å²) >= 11 is 0. The van der Waals surface area contributed by atoms with Gasteiger partial charge in [-0.05, 0) is 55.2 Å². The second-order valence-corrected chi connectivity index (χ2v) is 6.30. The van der Waals surface area contributed by atoms with E-state index in [0.717, 1.165) is 12.8 Å². The van der Waals surface area contributed by atoms with E-state index in [1.165, 1.54) is 12.1 Å². The lowest BCUT2D eigenvalue weighted by Crippen LogP contribution is -2.33. The van der Waals surface area contributed by atoms with Crippen molar-refractivity contribution >= 4 is 0 Å². The lowest BCUT2D eigenvalue weighted by molar-refractivity contribution is 0.0190. The van der Waals surface area contributed by atoms with Crippen molar-refractivity contribution in [2.24, 2.45) is 17.3 Å². The SMILES string of the molecule is CC(C)C1CCC(C#N)(C(O)c2ccc(F)cc2)CC1. The Balaban J connectivity index is 2.16. The molecule has 3 heteroatoms. The second kappa shape index (κ2) is 5.93. The molecule has 20 heavy (non-hydrogen) atoms. The number of hydrogen-bond donors (Lipinski definition) is 1. The van der Waals surface area contributed by atoms with Gasteiger partial charge >= 0.3 is 0 Å². The van der Waals surface area contributed by atoms with Gasteiger partial charge in [-0.25, -0.2) is 4.39 Å². The Bertz CT molecular complexity index is 481. The molecule has 1 aromatic carbocycles. The number of aliphatic hydroxyl groups excluding tert-OH is 1. The van der Waals surface area contributed by atoms with E-state index < -0.39 is 11.5 Å². The van der Waals surface area contributed by atoms with Crippen LogP contribution in [0.1, 0.15) is 51.2 Å². The third-order valence-electron chi connectivity index (χ3n) is 4.80. The van der Waals surface area contributed by atoms with Gasteiger partial charge in [-0.1, -0.05) is 26.0 Å². The van der Waals surface area contributed by atoms with Crippen molar-refractivity contribution in [3.05, 3.63) is 35.6 Å². The summed E-state index contributed by atoms with van der Waals surface area (Å²) in [7, 11) is 0. The van der Waals surface area contributed by atoms with Crippen LogP contribution in [0.4, 0.5) is 4.39 Å². The number of hydrogen-bond acceptors (Lipinski definition) is 2. The summed E-state index contributed by atoms with van der Waals surface area (Å²) in [6.07, 6.45) is 2.55. The van der Waals surface area contributed by atoms with E-state index in [4.69, 9.17) is 0 Å². The average molecular weight is 275 g/mol. The minimum Gasteiger partial charge on any atom is -0.387 e. The molecule has 2 nitrogen and oxygen atoms in total. The van der Waals surface area contributed by atoms with Crippen molar-refractivity contribution in [1.82, 2.24) is 0 Å². The predicted molar refractivity (Wildman–Crippen MR) is 76.2 cm³/mol. The normalized spacial score (nSPS) is 28.1. The van der Waals surface area contributed by atoms with E-state index in [-0.39, 0.29) is 5.82 Å². The van der Waals surface area contributed by atoms with Crippen LogP contribution in [0.2, 0.25) is 0 Å². The molecule has 0 amide bonds. The third kappa shape index (κ3) is 2.86. The maximum Gasteiger partial charge on any atom is 0.123 e. The number of rotatable bonds is 3. The molecule has 0 aliphatic heterocycles. The molecule has 1 aromatic rings. The fourth-order valence-electron chi connectivity index (χ4n) is 3.23. The molecule has 0 aromatic heterocycles. The summed E-state index contributed by atoms with van der Waals surface area (Å²) in [5, 5.41) is 20.1. The molecule has 1 N–H and O–H groups in total.